The van der Waals surface area contributed by atoms with Crippen molar-refractivity contribution in [2.75, 3.05) is 33.1 Å². The Hall–Kier alpha value is -1.75. The normalized spacial score (nSPS) is 13.0. The number of hydrogen-bond acceptors (Lipinski definition) is 7. The highest BCUT2D eigenvalue weighted by Gasteiger charge is 2.22. The molecule has 0 amide bonds. The SMILES string of the molecule is COCC(CNS(=O)(=O)c1cc([N+](=O)[O-])ccc1N)OC. The Morgan fingerprint density at radius 2 is 2.10 bits per heavy atom. The summed E-state index contributed by atoms with van der Waals surface area (Å²) in [6.07, 6.45) is -0.482. The van der Waals surface area contributed by atoms with Crippen molar-refractivity contribution in [3.63, 3.8) is 0 Å². The van der Waals surface area contributed by atoms with Crippen molar-refractivity contribution in [1.82, 2.24) is 4.72 Å². The molecule has 0 fully saturated rings. The summed E-state index contributed by atoms with van der Waals surface area (Å²) < 4.78 is 36.5. The first-order valence-corrected chi connectivity index (χ1v) is 7.35. The number of hydrogen-bond donors (Lipinski definition) is 2. The van der Waals surface area contributed by atoms with E-state index in [1.807, 2.05) is 0 Å². The van der Waals surface area contributed by atoms with Gasteiger partial charge in [-0.3, -0.25) is 10.1 Å². The van der Waals surface area contributed by atoms with Crippen LogP contribution in [0.4, 0.5) is 11.4 Å². The van der Waals surface area contributed by atoms with Crippen molar-refractivity contribution in [3.8, 4) is 0 Å². The lowest BCUT2D eigenvalue weighted by Gasteiger charge is -2.15. The molecule has 0 aliphatic rings. The van der Waals surface area contributed by atoms with Gasteiger partial charge in [-0.25, -0.2) is 13.1 Å². The van der Waals surface area contributed by atoms with E-state index in [1.165, 1.54) is 20.3 Å². The van der Waals surface area contributed by atoms with Crippen LogP contribution in [0.5, 0.6) is 0 Å². The van der Waals surface area contributed by atoms with Gasteiger partial charge in [0.25, 0.3) is 5.69 Å². The van der Waals surface area contributed by atoms with Crippen molar-refractivity contribution >= 4 is 21.4 Å². The molecule has 1 unspecified atom stereocenters. The molecule has 3 N–H and O–H groups in total. The summed E-state index contributed by atoms with van der Waals surface area (Å²) in [5.41, 5.74) is 5.14. The van der Waals surface area contributed by atoms with Gasteiger partial charge in [0.15, 0.2) is 0 Å². The number of nitro benzene ring substituents is 1. The molecular weight excluding hydrogens is 302 g/mol. The van der Waals surface area contributed by atoms with Crippen molar-refractivity contribution < 1.29 is 22.8 Å². The van der Waals surface area contributed by atoms with Crippen molar-refractivity contribution in [1.29, 1.82) is 0 Å². The fourth-order valence-corrected chi connectivity index (χ4v) is 2.76. The lowest BCUT2D eigenvalue weighted by atomic mass is 10.3. The van der Waals surface area contributed by atoms with Gasteiger partial charge >= 0.3 is 0 Å². The first-order chi connectivity index (χ1) is 9.81. The number of methoxy groups -OCH3 is 2. The van der Waals surface area contributed by atoms with E-state index in [0.717, 1.165) is 12.1 Å². The van der Waals surface area contributed by atoms with Crippen LogP contribution in [0, 0.1) is 10.1 Å². The molecule has 0 saturated carbocycles. The first-order valence-electron chi connectivity index (χ1n) is 5.87. The lowest BCUT2D eigenvalue weighted by molar-refractivity contribution is -0.385. The second-order valence-electron chi connectivity index (χ2n) is 4.14. The maximum atomic E-state index is 12.1. The molecule has 0 bridgehead atoms. The van der Waals surface area contributed by atoms with Crippen LogP contribution in [0.1, 0.15) is 0 Å². The van der Waals surface area contributed by atoms with Crippen molar-refractivity contribution in [2.45, 2.75) is 11.0 Å². The average Bonchev–Trinajstić information content (AvgIpc) is 2.43. The van der Waals surface area contributed by atoms with Crippen LogP contribution in [-0.2, 0) is 19.5 Å². The lowest BCUT2D eigenvalue weighted by Crippen LogP contribution is -2.35. The second-order valence-corrected chi connectivity index (χ2v) is 5.88. The molecule has 1 aromatic carbocycles. The van der Waals surface area contributed by atoms with Gasteiger partial charge in [-0.1, -0.05) is 0 Å². The van der Waals surface area contributed by atoms with E-state index >= 15 is 0 Å². The summed E-state index contributed by atoms with van der Waals surface area (Å²) >= 11 is 0. The molecule has 0 heterocycles. The van der Waals surface area contributed by atoms with Gasteiger partial charge in [0.2, 0.25) is 10.0 Å². The third kappa shape index (κ3) is 4.63. The zero-order valence-electron chi connectivity index (χ0n) is 11.6. The van der Waals surface area contributed by atoms with Crippen LogP contribution >= 0.6 is 0 Å². The van der Waals surface area contributed by atoms with Gasteiger partial charge in [0.1, 0.15) is 4.90 Å². The molecule has 9 nitrogen and oxygen atoms in total. The summed E-state index contributed by atoms with van der Waals surface area (Å²) in [5.74, 6) is 0. The minimum atomic E-state index is -3.99. The van der Waals surface area contributed by atoms with Crippen LogP contribution < -0.4 is 10.5 Å². The van der Waals surface area contributed by atoms with Crippen LogP contribution in [0.2, 0.25) is 0 Å². The standard InChI is InChI=1S/C11H17N3O6S/c1-19-7-9(20-2)6-13-21(17,18)11-5-8(14(15)16)3-4-10(11)12/h3-5,9,13H,6-7,12H2,1-2H3. The number of sulfonamides is 1. The molecule has 10 heteroatoms. The zero-order valence-corrected chi connectivity index (χ0v) is 12.4. The number of benzene rings is 1. The number of rotatable bonds is 8. The van der Waals surface area contributed by atoms with E-state index in [1.54, 1.807) is 0 Å². The number of nitrogens with zero attached hydrogens (tertiary/aromatic N) is 1. The maximum absolute atomic E-state index is 12.1. The van der Waals surface area contributed by atoms with Crippen molar-refractivity contribution in [2.24, 2.45) is 0 Å². The Bertz CT molecular complexity index is 604. The van der Waals surface area contributed by atoms with Gasteiger partial charge in [-0.2, -0.15) is 0 Å². The molecule has 0 spiro atoms. The van der Waals surface area contributed by atoms with Crippen molar-refractivity contribution in [3.05, 3.63) is 28.3 Å². The first kappa shape index (κ1) is 17.3. The molecule has 1 rings (SSSR count). The number of non-ortho nitro benzene ring substituents is 1. The maximum Gasteiger partial charge on any atom is 0.270 e. The zero-order chi connectivity index (χ0) is 16.0. The fraction of sp³-hybridized carbons (Fsp3) is 0.455. The predicted molar refractivity (Wildman–Crippen MR) is 75.4 cm³/mol. The van der Waals surface area contributed by atoms with Crippen LogP contribution in [0.15, 0.2) is 23.1 Å². The Morgan fingerprint density at radius 3 is 2.62 bits per heavy atom. The Kier molecular flexibility index (Phi) is 6.03. The van der Waals surface area contributed by atoms with E-state index in [-0.39, 0.29) is 29.4 Å². The Balaban J connectivity index is 2.97. The number of nitrogens with one attached hydrogen (secondary N) is 1. The van der Waals surface area contributed by atoms with E-state index < -0.39 is 21.1 Å². The minimum Gasteiger partial charge on any atom is -0.398 e. The van der Waals surface area contributed by atoms with Gasteiger partial charge in [-0.15, -0.1) is 0 Å². The smallest absolute Gasteiger partial charge is 0.270 e. The van der Waals surface area contributed by atoms with Crippen LogP contribution in [0.25, 0.3) is 0 Å². The third-order valence-electron chi connectivity index (χ3n) is 2.68. The molecule has 0 radical (unpaired) electrons. The van der Waals surface area contributed by atoms with Gasteiger partial charge in [-0.05, 0) is 6.07 Å². The number of ether oxygens (including phenoxy) is 2. The summed E-state index contributed by atoms with van der Waals surface area (Å²) in [4.78, 5) is 9.67. The minimum absolute atomic E-state index is 0.0468. The molecule has 0 aliphatic carbocycles. The van der Waals surface area contributed by atoms with Crippen LogP contribution in [0.3, 0.4) is 0 Å². The summed E-state index contributed by atoms with van der Waals surface area (Å²) in [6.45, 7) is 0.151. The van der Waals surface area contributed by atoms with E-state index in [0.29, 0.717) is 0 Å². The highest BCUT2D eigenvalue weighted by Crippen LogP contribution is 2.23. The predicted octanol–water partition coefficient (Wildman–Crippen LogP) is 0.117. The highest BCUT2D eigenvalue weighted by atomic mass is 32.2. The number of anilines is 1. The molecular formula is C11H17N3O6S. The summed E-state index contributed by atoms with van der Waals surface area (Å²) in [7, 11) is -1.11. The van der Waals surface area contributed by atoms with Gasteiger partial charge in [0.05, 0.1) is 23.3 Å². The van der Waals surface area contributed by atoms with E-state index in [4.69, 9.17) is 15.2 Å². The third-order valence-corrected chi connectivity index (χ3v) is 4.16. The Morgan fingerprint density at radius 1 is 1.43 bits per heavy atom. The number of nitrogens with two attached hydrogens (primary N) is 1. The summed E-state index contributed by atoms with van der Waals surface area (Å²) in [6, 6.07) is 3.22. The summed E-state index contributed by atoms with van der Waals surface area (Å²) in [5, 5.41) is 10.7. The largest absolute Gasteiger partial charge is 0.398 e. The highest BCUT2D eigenvalue weighted by molar-refractivity contribution is 7.89. The van der Waals surface area contributed by atoms with Gasteiger partial charge in [0, 0.05) is 32.9 Å². The molecule has 1 aromatic rings. The van der Waals surface area contributed by atoms with E-state index in [2.05, 4.69) is 4.72 Å². The molecule has 21 heavy (non-hydrogen) atoms. The monoisotopic (exact) mass is 319 g/mol. The number of nitro groups is 1. The Labute approximate surface area is 122 Å². The molecule has 0 aromatic heterocycles. The van der Waals surface area contributed by atoms with Gasteiger partial charge < -0.3 is 15.2 Å². The van der Waals surface area contributed by atoms with Crippen LogP contribution in [-0.4, -0.2) is 46.8 Å². The molecule has 1 atom stereocenters. The average molecular weight is 319 g/mol. The molecule has 0 aliphatic heterocycles. The van der Waals surface area contributed by atoms with E-state index in [9.17, 15) is 18.5 Å². The second kappa shape index (κ2) is 7.31. The number of nitrogen functional groups attached to an aromatic ring is 1. The molecule has 118 valence electrons. The fourth-order valence-electron chi connectivity index (χ4n) is 1.55. The quantitative estimate of drug-likeness (QED) is 0.395. The topological polar surface area (TPSA) is 134 Å². The molecule has 0 saturated heterocycles.